The van der Waals surface area contributed by atoms with E-state index in [2.05, 4.69) is 12.2 Å². The van der Waals surface area contributed by atoms with Gasteiger partial charge >= 0.3 is 0 Å². The topological polar surface area (TPSA) is 24.9 Å². The molecule has 2 aliphatic rings. The first-order valence-corrected chi connectivity index (χ1v) is 7.40. The highest BCUT2D eigenvalue weighted by atomic mass is 32.1. The maximum absolute atomic E-state index is 4.74. The van der Waals surface area contributed by atoms with Crippen molar-refractivity contribution in [2.75, 3.05) is 6.54 Å². The minimum atomic E-state index is 0.613. The van der Waals surface area contributed by atoms with Gasteiger partial charge in [-0.2, -0.15) is 0 Å². The lowest BCUT2D eigenvalue weighted by Crippen LogP contribution is -2.26. The molecule has 3 rings (SSSR count). The molecule has 3 heteroatoms. The van der Waals surface area contributed by atoms with E-state index in [1.54, 1.807) is 4.88 Å². The first kappa shape index (κ1) is 10.7. The molecule has 0 amide bonds. The molecule has 1 N–H and O–H groups in total. The van der Waals surface area contributed by atoms with Crippen molar-refractivity contribution in [2.24, 2.45) is 5.92 Å². The average Bonchev–Trinajstić information content (AvgIpc) is 3.03. The minimum absolute atomic E-state index is 0.613. The highest BCUT2D eigenvalue weighted by molar-refractivity contribution is 7.11. The van der Waals surface area contributed by atoms with Crippen LogP contribution in [0.5, 0.6) is 0 Å². The molecule has 0 radical (unpaired) electrons. The molecule has 1 heterocycles. The molecule has 1 unspecified atom stereocenters. The van der Waals surface area contributed by atoms with Crippen LogP contribution in [-0.4, -0.2) is 11.5 Å². The molecular formula is C13H20N2S. The van der Waals surface area contributed by atoms with Gasteiger partial charge in [0.1, 0.15) is 0 Å². The summed E-state index contributed by atoms with van der Waals surface area (Å²) in [4.78, 5) is 6.29. The molecule has 1 atom stereocenters. The van der Waals surface area contributed by atoms with Gasteiger partial charge in [0.15, 0.2) is 0 Å². The Bertz CT molecular complexity index is 368. The van der Waals surface area contributed by atoms with Crippen molar-refractivity contribution in [3.63, 3.8) is 0 Å². The molecule has 16 heavy (non-hydrogen) atoms. The maximum Gasteiger partial charge on any atom is 0.0928 e. The van der Waals surface area contributed by atoms with Crippen LogP contribution in [0.25, 0.3) is 0 Å². The quantitative estimate of drug-likeness (QED) is 0.869. The molecule has 0 saturated heterocycles. The Hall–Kier alpha value is -0.410. The maximum atomic E-state index is 4.74. The van der Waals surface area contributed by atoms with Crippen molar-refractivity contribution < 1.29 is 0 Å². The fraction of sp³-hybridized carbons (Fsp3) is 0.769. The summed E-state index contributed by atoms with van der Waals surface area (Å²) < 4.78 is 0. The smallest absolute Gasteiger partial charge is 0.0928 e. The van der Waals surface area contributed by atoms with Crippen LogP contribution in [0.15, 0.2) is 0 Å². The van der Waals surface area contributed by atoms with Crippen molar-refractivity contribution >= 4 is 11.3 Å². The molecule has 1 saturated carbocycles. The van der Waals surface area contributed by atoms with E-state index in [1.807, 2.05) is 11.3 Å². The van der Waals surface area contributed by atoms with Crippen molar-refractivity contribution in [3.8, 4) is 0 Å². The van der Waals surface area contributed by atoms with Gasteiger partial charge in [-0.05, 0) is 51.0 Å². The number of thiazole rings is 1. The third-order valence-electron chi connectivity index (χ3n) is 3.65. The number of aryl methyl sites for hydroxylation is 2. The summed E-state index contributed by atoms with van der Waals surface area (Å²) in [5.41, 5.74) is 1.39. The Morgan fingerprint density at radius 3 is 3.00 bits per heavy atom. The van der Waals surface area contributed by atoms with E-state index in [0.29, 0.717) is 6.04 Å². The second kappa shape index (κ2) is 4.46. The van der Waals surface area contributed by atoms with Crippen molar-refractivity contribution in [2.45, 2.75) is 51.5 Å². The van der Waals surface area contributed by atoms with Crippen LogP contribution in [0, 0.1) is 5.92 Å². The number of aromatic nitrogens is 1. The lowest BCUT2D eigenvalue weighted by molar-refractivity contribution is 0.454. The standard InChI is InChI=1S/C13H20N2S/c1-2-12-15-11-5-3-4-10(13(11)16-12)14-8-9-6-7-9/h9-10,14H,2-8H2,1H3. The molecule has 1 aromatic rings. The number of rotatable bonds is 4. The van der Waals surface area contributed by atoms with E-state index in [1.165, 1.54) is 49.4 Å². The molecular weight excluding hydrogens is 216 g/mol. The van der Waals surface area contributed by atoms with E-state index < -0.39 is 0 Å². The number of fused-ring (bicyclic) bond motifs is 1. The van der Waals surface area contributed by atoms with Gasteiger partial charge in [0.25, 0.3) is 0 Å². The summed E-state index contributed by atoms with van der Waals surface area (Å²) in [6.45, 7) is 3.43. The Morgan fingerprint density at radius 1 is 1.38 bits per heavy atom. The van der Waals surface area contributed by atoms with Crippen LogP contribution < -0.4 is 5.32 Å². The summed E-state index contributed by atoms with van der Waals surface area (Å²) in [5.74, 6) is 0.976. The van der Waals surface area contributed by atoms with Crippen LogP contribution in [0.4, 0.5) is 0 Å². The van der Waals surface area contributed by atoms with E-state index in [4.69, 9.17) is 4.98 Å². The predicted molar refractivity (Wildman–Crippen MR) is 67.9 cm³/mol. The molecule has 2 nitrogen and oxygen atoms in total. The second-order valence-electron chi connectivity index (χ2n) is 5.07. The van der Waals surface area contributed by atoms with Gasteiger partial charge in [-0.25, -0.2) is 4.98 Å². The Balaban J connectivity index is 1.72. The average molecular weight is 236 g/mol. The molecule has 1 aromatic heterocycles. The van der Waals surface area contributed by atoms with Crippen LogP contribution in [-0.2, 0) is 12.8 Å². The highest BCUT2D eigenvalue weighted by Crippen LogP contribution is 2.35. The van der Waals surface area contributed by atoms with Gasteiger partial charge in [0, 0.05) is 10.9 Å². The largest absolute Gasteiger partial charge is 0.309 e. The van der Waals surface area contributed by atoms with Gasteiger partial charge in [0.05, 0.1) is 10.7 Å². The second-order valence-corrected chi connectivity index (χ2v) is 6.18. The summed E-state index contributed by atoms with van der Waals surface area (Å²) in [7, 11) is 0. The monoisotopic (exact) mass is 236 g/mol. The Kier molecular flexibility index (Phi) is 2.99. The fourth-order valence-electron chi connectivity index (χ4n) is 2.45. The molecule has 1 fully saturated rings. The summed E-state index contributed by atoms with van der Waals surface area (Å²) in [5, 5.41) is 5.07. The minimum Gasteiger partial charge on any atom is -0.309 e. The number of hydrogen-bond donors (Lipinski definition) is 1. The molecule has 0 spiro atoms. The van der Waals surface area contributed by atoms with Crippen LogP contribution in [0.2, 0.25) is 0 Å². The van der Waals surface area contributed by atoms with Crippen LogP contribution in [0.1, 0.15) is 54.2 Å². The lowest BCUT2D eigenvalue weighted by Gasteiger charge is -2.22. The van der Waals surface area contributed by atoms with E-state index in [9.17, 15) is 0 Å². The van der Waals surface area contributed by atoms with Gasteiger partial charge in [-0.3, -0.25) is 0 Å². The first-order chi connectivity index (χ1) is 7.86. The number of nitrogens with zero attached hydrogens (tertiary/aromatic N) is 1. The summed E-state index contributed by atoms with van der Waals surface area (Å²) >= 11 is 1.94. The van der Waals surface area contributed by atoms with Crippen LogP contribution >= 0.6 is 11.3 Å². The Labute approximate surface area is 101 Å². The van der Waals surface area contributed by atoms with Crippen molar-refractivity contribution in [1.29, 1.82) is 0 Å². The fourth-order valence-corrected chi connectivity index (χ4v) is 3.61. The zero-order valence-corrected chi connectivity index (χ0v) is 10.8. The molecule has 88 valence electrons. The molecule has 0 aliphatic heterocycles. The molecule has 0 bridgehead atoms. The zero-order valence-electron chi connectivity index (χ0n) is 9.96. The van der Waals surface area contributed by atoms with Gasteiger partial charge in [-0.15, -0.1) is 11.3 Å². The summed E-state index contributed by atoms with van der Waals surface area (Å²) in [6.07, 6.45) is 7.79. The Morgan fingerprint density at radius 2 is 2.25 bits per heavy atom. The van der Waals surface area contributed by atoms with E-state index in [-0.39, 0.29) is 0 Å². The number of hydrogen-bond acceptors (Lipinski definition) is 3. The number of nitrogens with one attached hydrogen (secondary N) is 1. The first-order valence-electron chi connectivity index (χ1n) is 6.58. The van der Waals surface area contributed by atoms with E-state index in [0.717, 1.165) is 12.3 Å². The molecule has 2 aliphatic carbocycles. The van der Waals surface area contributed by atoms with Crippen molar-refractivity contribution in [1.82, 2.24) is 10.3 Å². The van der Waals surface area contributed by atoms with Gasteiger partial charge < -0.3 is 5.32 Å². The third-order valence-corrected chi connectivity index (χ3v) is 5.00. The highest BCUT2D eigenvalue weighted by Gasteiger charge is 2.27. The zero-order chi connectivity index (χ0) is 11.0. The van der Waals surface area contributed by atoms with Crippen molar-refractivity contribution in [3.05, 3.63) is 15.6 Å². The third kappa shape index (κ3) is 2.16. The summed E-state index contributed by atoms with van der Waals surface area (Å²) in [6, 6.07) is 0.613. The van der Waals surface area contributed by atoms with Gasteiger partial charge in [-0.1, -0.05) is 6.92 Å². The van der Waals surface area contributed by atoms with E-state index >= 15 is 0 Å². The van der Waals surface area contributed by atoms with Crippen LogP contribution in [0.3, 0.4) is 0 Å². The predicted octanol–water partition coefficient (Wildman–Crippen LogP) is 3.08. The normalized spacial score (nSPS) is 24.4. The SMILES string of the molecule is CCc1nc2c(s1)C(NCC1CC1)CCC2. The molecule has 0 aromatic carbocycles. The van der Waals surface area contributed by atoms with Gasteiger partial charge in [0.2, 0.25) is 0 Å². The lowest BCUT2D eigenvalue weighted by atomic mass is 9.98.